The lowest BCUT2D eigenvalue weighted by Gasteiger charge is -2.07. The average Bonchev–Trinajstić information content (AvgIpc) is 2.70. The first-order chi connectivity index (χ1) is 9.22. The third-order valence-electron chi connectivity index (χ3n) is 3.10. The highest BCUT2D eigenvalue weighted by Crippen LogP contribution is 2.33. The Kier molecular flexibility index (Phi) is 2.76. The van der Waals surface area contributed by atoms with Gasteiger partial charge in [0, 0.05) is 16.6 Å². The van der Waals surface area contributed by atoms with Gasteiger partial charge >= 0.3 is 0 Å². The van der Waals surface area contributed by atoms with Gasteiger partial charge in [0.25, 0.3) is 0 Å². The maximum Gasteiger partial charge on any atom is 0.205 e. The lowest BCUT2D eigenvalue weighted by atomic mass is 10.2. The Labute approximate surface area is 115 Å². The van der Waals surface area contributed by atoms with E-state index in [1.165, 1.54) is 6.21 Å². The molecule has 0 fully saturated rings. The molecule has 0 bridgehead atoms. The molecule has 94 valence electrons. The van der Waals surface area contributed by atoms with Crippen LogP contribution in [-0.4, -0.2) is 15.9 Å². The van der Waals surface area contributed by atoms with Crippen molar-refractivity contribution in [2.24, 2.45) is 0 Å². The predicted octanol–water partition coefficient (Wildman–Crippen LogP) is 3.99. The molecule has 0 aliphatic carbocycles. The van der Waals surface area contributed by atoms with Gasteiger partial charge in [-0.1, -0.05) is 35.9 Å². The fourth-order valence-electron chi connectivity index (χ4n) is 2.27. The highest BCUT2D eigenvalue weighted by molar-refractivity contribution is 6.30. The third-order valence-corrected chi connectivity index (χ3v) is 3.33. The van der Waals surface area contributed by atoms with Crippen molar-refractivity contribution in [3.8, 4) is 11.6 Å². The van der Waals surface area contributed by atoms with Crippen molar-refractivity contribution in [2.75, 3.05) is 0 Å². The van der Waals surface area contributed by atoms with Crippen molar-refractivity contribution in [1.29, 1.82) is 5.41 Å². The number of nitrogens with zero attached hydrogens (tertiary/aromatic N) is 1. The summed E-state index contributed by atoms with van der Waals surface area (Å²) in [5.74, 6) is 0.0541. The molecule has 0 atom stereocenters. The molecule has 2 aromatic carbocycles. The summed E-state index contributed by atoms with van der Waals surface area (Å²) in [5, 5.41) is 19.2. The number of hydrogen-bond acceptors (Lipinski definition) is 2. The van der Waals surface area contributed by atoms with E-state index < -0.39 is 0 Å². The van der Waals surface area contributed by atoms with Gasteiger partial charge in [-0.15, -0.1) is 0 Å². The standard InChI is InChI=1S/C15H11ClN2O/c16-10-4-3-5-11(8-10)18-14-7-2-1-6-12(14)13(9-17)15(18)19/h1-9,17,19H. The highest BCUT2D eigenvalue weighted by Gasteiger charge is 2.15. The number of nitrogens with one attached hydrogen (secondary N) is 1. The zero-order valence-corrected chi connectivity index (χ0v) is 10.7. The Morgan fingerprint density at radius 3 is 2.63 bits per heavy atom. The van der Waals surface area contributed by atoms with Gasteiger partial charge in [-0.3, -0.25) is 4.57 Å². The molecule has 0 aliphatic heterocycles. The quantitative estimate of drug-likeness (QED) is 0.680. The topological polar surface area (TPSA) is 49.0 Å². The Balaban J connectivity index is 2.41. The minimum Gasteiger partial charge on any atom is -0.494 e. The third kappa shape index (κ3) is 1.79. The van der Waals surface area contributed by atoms with Crippen molar-refractivity contribution >= 4 is 28.7 Å². The Morgan fingerprint density at radius 2 is 1.89 bits per heavy atom. The molecule has 3 aromatic rings. The molecular formula is C15H11ClN2O. The Bertz CT molecular complexity index is 777. The van der Waals surface area contributed by atoms with E-state index in [0.717, 1.165) is 16.6 Å². The van der Waals surface area contributed by atoms with Crippen LogP contribution in [-0.2, 0) is 0 Å². The predicted molar refractivity (Wildman–Crippen MR) is 77.8 cm³/mol. The second-order valence-corrected chi connectivity index (χ2v) is 4.65. The van der Waals surface area contributed by atoms with Crippen LogP contribution >= 0.6 is 11.6 Å². The van der Waals surface area contributed by atoms with Crippen LogP contribution in [0.5, 0.6) is 5.88 Å². The van der Waals surface area contributed by atoms with Crippen molar-refractivity contribution in [3.05, 3.63) is 59.1 Å². The van der Waals surface area contributed by atoms with Crippen LogP contribution in [0.2, 0.25) is 5.02 Å². The smallest absolute Gasteiger partial charge is 0.205 e. The summed E-state index contributed by atoms with van der Waals surface area (Å²) >= 11 is 6.00. The molecule has 2 N–H and O–H groups in total. The molecule has 0 radical (unpaired) electrons. The van der Waals surface area contributed by atoms with E-state index in [1.54, 1.807) is 16.7 Å². The largest absolute Gasteiger partial charge is 0.494 e. The van der Waals surface area contributed by atoms with Crippen LogP contribution in [0.25, 0.3) is 16.6 Å². The summed E-state index contributed by atoms with van der Waals surface area (Å²) in [6.07, 6.45) is 1.17. The number of hydrogen-bond donors (Lipinski definition) is 2. The van der Waals surface area contributed by atoms with Gasteiger partial charge in [-0.2, -0.15) is 0 Å². The molecule has 0 aliphatic rings. The van der Waals surface area contributed by atoms with Crippen molar-refractivity contribution in [2.45, 2.75) is 0 Å². The van der Waals surface area contributed by atoms with E-state index in [-0.39, 0.29) is 5.88 Å². The van der Waals surface area contributed by atoms with E-state index in [2.05, 4.69) is 0 Å². The fraction of sp³-hybridized carbons (Fsp3) is 0. The number of benzene rings is 2. The van der Waals surface area contributed by atoms with E-state index >= 15 is 0 Å². The summed E-state index contributed by atoms with van der Waals surface area (Å²) in [6, 6.07) is 14.8. The van der Waals surface area contributed by atoms with Crippen molar-refractivity contribution in [3.63, 3.8) is 0 Å². The minimum atomic E-state index is 0.0541. The normalized spacial score (nSPS) is 10.8. The number of halogens is 1. The summed E-state index contributed by atoms with van der Waals surface area (Å²) in [4.78, 5) is 0. The van der Waals surface area contributed by atoms with Gasteiger partial charge in [-0.25, -0.2) is 0 Å². The lowest BCUT2D eigenvalue weighted by molar-refractivity contribution is 0.444. The first kappa shape index (κ1) is 11.8. The molecule has 4 heteroatoms. The van der Waals surface area contributed by atoms with Crippen molar-refractivity contribution < 1.29 is 5.11 Å². The molecule has 0 unspecified atom stereocenters. The maximum atomic E-state index is 10.3. The molecule has 1 aromatic heterocycles. The summed E-state index contributed by atoms with van der Waals surface area (Å²) in [5.41, 5.74) is 2.13. The number of aromatic hydroxyl groups is 1. The van der Waals surface area contributed by atoms with Crippen LogP contribution in [0.15, 0.2) is 48.5 Å². The molecule has 19 heavy (non-hydrogen) atoms. The van der Waals surface area contributed by atoms with Gasteiger partial charge in [-0.05, 0) is 24.3 Å². The van der Waals surface area contributed by atoms with Crippen LogP contribution in [0.4, 0.5) is 0 Å². The molecule has 1 heterocycles. The summed E-state index contributed by atoms with van der Waals surface area (Å²) in [7, 11) is 0. The number of para-hydroxylation sites is 1. The molecular weight excluding hydrogens is 260 g/mol. The van der Waals surface area contributed by atoms with Crippen LogP contribution in [0, 0.1) is 5.41 Å². The zero-order chi connectivity index (χ0) is 13.4. The molecule has 0 saturated heterocycles. The number of rotatable bonds is 2. The van der Waals surface area contributed by atoms with Gasteiger partial charge < -0.3 is 10.5 Å². The average molecular weight is 271 g/mol. The zero-order valence-electron chi connectivity index (χ0n) is 9.97. The van der Waals surface area contributed by atoms with E-state index in [9.17, 15) is 5.11 Å². The van der Waals surface area contributed by atoms with Crippen LogP contribution in [0.1, 0.15) is 5.56 Å². The van der Waals surface area contributed by atoms with Crippen LogP contribution in [0.3, 0.4) is 0 Å². The first-order valence-corrected chi connectivity index (χ1v) is 6.19. The molecule has 0 spiro atoms. The second kappa shape index (κ2) is 4.44. The SMILES string of the molecule is N=Cc1c(O)n(-c2cccc(Cl)c2)c2ccccc12. The Hall–Kier alpha value is -2.26. The molecule has 3 rings (SSSR count). The van der Waals surface area contributed by atoms with Gasteiger partial charge in [0.05, 0.1) is 16.8 Å². The van der Waals surface area contributed by atoms with E-state index in [1.807, 2.05) is 36.4 Å². The van der Waals surface area contributed by atoms with Crippen molar-refractivity contribution in [1.82, 2.24) is 4.57 Å². The maximum absolute atomic E-state index is 10.3. The second-order valence-electron chi connectivity index (χ2n) is 4.21. The fourth-order valence-corrected chi connectivity index (χ4v) is 2.45. The van der Waals surface area contributed by atoms with Gasteiger partial charge in [0.2, 0.25) is 5.88 Å². The Morgan fingerprint density at radius 1 is 1.11 bits per heavy atom. The lowest BCUT2D eigenvalue weighted by Crippen LogP contribution is -1.93. The molecule has 3 nitrogen and oxygen atoms in total. The molecule has 0 saturated carbocycles. The highest BCUT2D eigenvalue weighted by atomic mass is 35.5. The van der Waals surface area contributed by atoms with E-state index in [0.29, 0.717) is 10.6 Å². The van der Waals surface area contributed by atoms with Crippen LogP contribution < -0.4 is 0 Å². The summed E-state index contributed by atoms with van der Waals surface area (Å²) in [6.45, 7) is 0. The van der Waals surface area contributed by atoms with E-state index in [4.69, 9.17) is 17.0 Å². The minimum absolute atomic E-state index is 0.0541. The van der Waals surface area contributed by atoms with Gasteiger partial charge in [0.15, 0.2) is 0 Å². The van der Waals surface area contributed by atoms with Gasteiger partial charge in [0.1, 0.15) is 0 Å². The number of fused-ring (bicyclic) bond motifs is 1. The molecule has 0 amide bonds. The number of aromatic nitrogens is 1. The first-order valence-electron chi connectivity index (χ1n) is 5.81. The monoisotopic (exact) mass is 270 g/mol. The summed E-state index contributed by atoms with van der Waals surface area (Å²) < 4.78 is 1.70.